The molecule has 6 heteroatoms. The fourth-order valence-electron chi connectivity index (χ4n) is 1.84. The monoisotopic (exact) mass is 260 g/mol. The second-order valence-electron chi connectivity index (χ2n) is 4.17. The van der Waals surface area contributed by atoms with Crippen LogP contribution in [0.4, 0.5) is 11.4 Å². The van der Waals surface area contributed by atoms with E-state index in [1.807, 2.05) is 6.92 Å². The summed E-state index contributed by atoms with van der Waals surface area (Å²) < 4.78 is 1.56. The molecule has 0 aliphatic carbocycles. The molecule has 19 heavy (non-hydrogen) atoms. The number of nitrogens with two attached hydrogens (primary N) is 1. The van der Waals surface area contributed by atoms with Crippen molar-refractivity contribution < 1.29 is 9.90 Å². The molecule has 1 aromatic carbocycles. The summed E-state index contributed by atoms with van der Waals surface area (Å²) in [6.45, 7) is 4.20. The van der Waals surface area contributed by atoms with E-state index in [0.29, 0.717) is 29.3 Å². The number of phenolic OH excluding ortho intramolecular Hbond substituents is 1. The molecule has 0 aliphatic heterocycles. The summed E-state index contributed by atoms with van der Waals surface area (Å²) in [5.74, 6) is -0.253. The van der Waals surface area contributed by atoms with Crippen LogP contribution < -0.4 is 11.1 Å². The Kier molecular flexibility index (Phi) is 3.41. The lowest BCUT2D eigenvalue weighted by Crippen LogP contribution is -2.18. The summed E-state index contributed by atoms with van der Waals surface area (Å²) in [5, 5.41) is 16.2. The fraction of sp³-hybridized carbons (Fsp3) is 0.231. The van der Waals surface area contributed by atoms with Gasteiger partial charge >= 0.3 is 0 Å². The van der Waals surface area contributed by atoms with E-state index in [1.165, 1.54) is 12.1 Å². The summed E-state index contributed by atoms with van der Waals surface area (Å²) in [6, 6.07) is 6.34. The highest BCUT2D eigenvalue weighted by molar-refractivity contribution is 6.06. The van der Waals surface area contributed by atoms with Gasteiger partial charge in [0.05, 0.1) is 11.4 Å². The Bertz CT molecular complexity index is 619. The van der Waals surface area contributed by atoms with Gasteiger partial charge in [-0.2, -0.15) is 5.10 Å². The Balaban J connectivity index is 2.30. The molecule has 0 radical (unpaired) electrons. The molecule has 0 saturated heterocycles. The number of rotatable bonds is 3. The van der Waals surface area contributed by atoms with E-state index in [2.05, 4.69) is 10.4 Å². The van der Waals surface area contributed by atoms with Crippen LogP contribution in [0.15, 0.2) is 24.3 Å². The van der Waals surface area contributed by atoms with Crippen LogP contribution in [0.5, 0.6) is 5.75 Å². The van der Waals surface area contributed by atoms with Crippen molar-refractivity contribution in [3.63, 3.8) is 0 Å². The number of nitrogens with one attached hydrogen (secondary N) is 1. The van der Waals surface area contributed by atoms with Crippen molar-refractivity contribution in [1.82, 2.24) is 9.78 Å². The Hall–Kier alpha value is -2.50. The number of nitrogens with zero attached hydrogens (tertiary/aromatic N) is 2. The molecule has 6 nitrogen and oxygen atoms in total. The molecule has 1 aromatic heterocycles. The van der Waals surface area contributed by atoms with Gasteiger partial charge in [0.15, 0.2) is 0 Å². The van der Waals surface area contributed by atoms with Crippen LogP contribution in [-0.2, 0) is 6.54 Å². The summed E-state index contributed by atoms with van der Waals surface area (Å²) >= 11 is 0. The van der Waals surface area contributed by atoms with Gasteiger partial charge in [-0.3, -0.25) is 9.48 Å². The number of nitrogen functional groups attached to an aromatic ring is 1. The molecule has 1 heterocycles. The summed E-state index contributed by atoms with van der Waals surface area (Å²) in [4.78, 5) is 12.2. The number of hydrogen-bond donors (Lipinski definition) is 3. The lowest BCUT2D eigenvalue weighted by atomic mass is 10.2. The molecule has 0 saturated carbocycles. The van der Waals surface area contributed by atoms with Crippen LogP contribution in [0, 0.1) is 6.92 Å². The Morgan fingerprint density at radius 1 is 1.53 bits per heavy atom. The van der Waals surface area contributed by atoms with Crippen molar-refractivity contribution in [3.8, 4) is 5.75 Å². The molecule has 0 unspecified atom stereocenters. The van der Waals surface area contributed by atoms with Gasteiger partial charge in [0.1, 0.15) is 11.4 Å². The van der Waals surface area contributed by atoms with Gasteiger partial charge in [-0.1, -0.05) is 6.07 Å². The first-order chi connectivity index (χ1) is 9.02. The van der Waals surface area contributed by atoms with Crippen molar-refractivity contribution in [1.29, 1.82) is 0 Å². The van der Waals surface area contributed by atoms with Gasteiger partial charge in [0.2, 0.25) is 0 Å². The maximum atomic E-state index is 12.2. The minimum atomic E-state index is -0.342. The molecule has 1 amide bonds. The number of hydrogen-bond acceptors (Lipinski definition) is 4. The predicted octanol–water partition coefficient (Wildman–Crippen LogP) is 1.75. The van der Waals surface area contributed by atoms with Crippen LogP contribution >= 0.6 is 0 Å². The van der Waals surface area contributed by atoms with E-state index in [-0.39, 0.29) is 11.7 Å². The molecule has 0 bridgehead atoms. The van der Waals surface area contributed by atoms with Crippen molar-refractivity contribution >= 4 is 17.3 Å². The topological polar surface area (TPSA) is 93.2 Å². The first kappa shape index (κ1) is 12.9. The molecule has 100 valence electrons. The quantitative estimate of drug-likeness (QED) is 0.783. The van der Waals surface area contributed by atoms with Crippen LogP contribution in [0.2, 0.25) is 0 Å². The molecule has 0 aliphatic rings. The maximum absolute atomic E-state index is 12.2. The van der Waals surface area contributed by atoms with Gasteiger partial charge in [0.25, 0.3) is 5.91 Å². The largest absolute Gasteiger partial charge is 0.508 e. The van der Waals surface area contributed by atoms with E-state index >= 15 is 0 Å². The van der Waals surface area contributed by atoms with E-state index < -0.39 is 0 Å². The second kappa shape index (κ2) is 5.01. The smallest absolute Gasteiger partial charge is 0.276 e. The van der Waals surface area contributed by atoms with Crippen molar-refractivity contribution in [2.45, 2.75) is 20.4 Å². The van der Waals surface area contributed by atoms with Crippen molar-refractivity contribution in [2.75, 3.05) is 11.1 Å². The zero-order valence-electron chi connectivity index (χ0n) is 10.8. The highest BCUT2D eigenvalue weighted by Crippen LogP contribution is 2.20. The first-order valence-corrected chi connectivity index (χ1v) is 5.96. The Labute approximate surface area is 110 Å². The predicted molar refractivity (Wildman–Crippen MR) is 73.1 cm³/mol. The third kappa shape index (κ3) is 2.52. The molecule has 4 N–H and O–H groups in total. The first-order valence-electron chi connectivity index (χ1n) is 5.96. The summed E-state index contributed by atoms with van der Waals surface area (Å²) in [6.07, 6.45) is 0. The van der Waals surface area contributed by atoms with Gasteiger partial charge < -0.3 is 16.2 Å². The number of aromatic hydroxyl groups is 1. The SMILES string of the molecule is CCn1nc(C)c(N)c1C(=O)Nc1cccc(O)c1. The normalized spacial score (nSPS) is 10.4. The molecule has 2 aromatic rings. The summed E-state index contributed by atoms with van der Waals surface area (Å²) in [5.41, 5.74) is 7.71. The highest BCUT2D eigenvalue weighted by Gasteiger charge is 2.19. The molecular weight excluding hydrogens is 244 g/mol. The van der Waals surface area contributed by atoms with Gasteiger partial charge in [-0.25, -0.2) is 0 Å². The van der Waals surface area contributed by atoms with Crippen molar-refractivity contribution in [3.05, 3.63) is 35.7 Å². The second-order valence-corrected chi connectivity index (χ2v) is 4.17. The van der Waals surface area contributed by atoms with Crippen LogP contribution in [0.1, 0.15) is 23.1 Å². The minimum Gasteiger partial charge on any atom is -0.508 e. The van der Waals surface area contributed by atoms with Crippen LogP contribution in [0.25, 0.3) is 0 Å². The number of aryl methyl sites for hydroxylation is 2. The average Bonchev–Trinajstić information content (AvgIpc) is 2.65. The number of aromatic nitrogens is 2. The zero-order valence-corrected chi connectivity index (χ0v) is 10.8. The average molecular weight is 260 g/mol. The van der Waals surface area contributed by atoms with E-state index in [4.69, 9.17) is 5.73 Å². The van der Waals surface area contributed by atoms with Gasteiger partial charge in [-0.15, -0.1) is 0 Å². The van der Waals surface area contributed by atoms with E-state index in [0.717, 1.165) is 0 Å². The molecule has 2 rings (SSSR count). The van der Waals surface area contributed by atoms with Crippen LogP contribution in [0.3, 0.4) is 0 Å². The minimum absolute atomic E-state index is 0.0888. The number of benzene rings is 1. The lowest BCUT2D eigenvalue weighted by molar-refractivity contribution is 0.101. The molecular formula is C13H16N4O2. The third-order valence-corrected chi connectivity index (χ3v) is 2.79. The molecule has 0 spiro atoms. The number of phenols is 1. The van der Waals surface area contributed by atoms with E-state index in [1.54, 1.807) is 23.7 Å². The molecule has 0 atom stereocenters. The number of amides is 1. The standard InChI is InChI=1S/C13H16N4O2/c1-3-17-12(11(14)8(2)16-17)13(19)15-9-5-4-6-10(18)7-9/h4-7,18H,3,14H2,1-2H3,(H,15,19). The number of carbonyl (C=O) groups excluding carboxylic acids is 1. The summed E-state index contributed by atoms with van der Waals surface area (Å²) in [7, 11) is 0. The third-order valence-electron chi connectivity index (χ3n) is 2.79. The van der Waals surface area contributed by atoms with E-state index in [9.17, 15) is 9.90 Å². The Morgan fingerprint density at radius 2 is 2.26 bits per heavy atom. The maximum Gasteiger partial charge on any atom is 0.276 e. The number of anilines is 2. The van der Waals surface area contributed by atoms with Gasteiger partial charge in [-0.05, 0) is 26.0 Å². The Morgan fingerprint density at radius 3 is 2.89 bits per heavy atom. The van der Waals surface area contributed by atoms with Crippen molar-refractivity contribution in [2.24, 2.45) is 0 Å². The lowest BCUT2D eigenvalue weighted by Gasteiger charge is -2.07. The van der Waals surface area contributed by atoms with Crippen LogP contribution in [-0.4, -0.2) is 20.8 Å². The number of carbonyl (C=O) groups is 1. The van der Waals surface area contributed by atoms with Gasteiger partial charge in [0, 0.05) is 18.3 Å². The highest BCUT2D eigenvalue weighted by atomic mass is 16.3. The molecule has 0 fully saturated rings. The fourth-order valence-corrected chi connectivity index (χ4v) is 1.84. The zero-order chi connectivity index (χ0) is 14.0.